The van der Waals surface area contributed by atoms with Crippen molar-refractivity contribution in [3.05, 3.63) is 29.8 Å². The molecule has 0 heterocycles. The van der Waals surface area contributed by atoms with Crippen LogP contribution in [0.3, 0.4) is 0 Å². The van der Waals surface area contributed by atoms with E-state index < -0.39 is 0 Å². The van der Waals surface area contributed by atoms with E-state index in [9.17, 15) is 4.79 Å². The molecule has 0 atom stereocenters. The Balaban J connectivity index is 0.000000583. The Morgan fingerprint density at radius 2 is 1.87 bits per heavy atom. The fourth-order valence-electron chi connectivity index (χ4n) is 0.898. The minimum Gasteiger partial charge on any atom is -0.486 e. The van der Waals surface area contributed by atoms with Crippen molar-refractivity contribution in [1.29, 1.82) is 0 Å². The van der Waals surface area contributed by atoms with Crippen LogP contribution in [0.2, 0.25) is 0 Å². The average molecular weight is 209 g/mol. The summed E-state index contributed by atoms with van der Waals surface area (Å²) in [6.07, 6.45) is 0. The maximum Gasteiger partial charge on any atom is 0.167 e. The summed E-state index contributed by atoms with van der Waals surface area (Å²) in [6, 6.07) is 7.65. The molecule has 3 nitrogen and oxygen atoms in total. The first kappa shape index (κ1) is 13.7. The zero-order chi connectivity index (χ0) is 11.7. The lowest BCUT2D eigenvalue weighted by molar-refractivity contribution is -0.118. The van der Waals surface area contributed by atoms with E-state index in [1.54, 1.807) is 0 Å². The molecule has 0 aliphatic carbocycles. The Kier molecular flexibility index (Phi) is 7.28. The van der Waals surface area contributed by atoms with Crippen LogP contribution < -0.4 is 10.1 Å². The molecule has 1 rings (SSSR count). The van der Waals surface area contributed by atoms with E-state index in [1.807, 2.05) is 45.3 Å². The number of benzene rings is 1. The molecule has 1 aromatic carbocycles. The van der Waals surface area contributed by atoms with Crippen molar-refractivity contribution in [3.8, 4) is 5.75 Å². The highest BCUT2D eigenvalue weighted by atomic mass is 16.5. The van der Waals surface area contributed by atoms with Gasteiger partial charge in [-0.3, -0.25) is 4.79 Å². The molecular weight excluding hydrogens is 190 g/mol. The van der Waals surface area contributed by atoms with Gasteiger partial charge in [-0.15, -0.1) is 0 Å². The van der Waals surface area contributed by atoms with Gasteiger partial charge in [0.1, 0.15) is 12.4 Å². The van der Waals surface area contributed by atoms with Gasteiger partial charge in [0.25, 0.3) is 0 Å². The number of ether oxygens (including phenoxy) is 1. The molecule has 0 bridgehead atoms. The number of ketones is 1. The summed E-state index contributed by atoms with van der Waals surface area (Å²) in [6.45, 7) is 3.62. The van der Waals surface area contributed by atoms with Gasteiger partial charge in [0, 0.05) is 0 Å². The number of hydrogen-bond donors (Lipinski definition) is 1. The highest BCUT2D eigenvalue weighted by Crippen LogP contribution is 2.15. The molecular formula is C12H19NO2. The van der Waals surface area contributed by atoms with Crippen LogP contribution in [-0.4, -0.2) is 26.5 Å². The molecule has 1 N–H and O–H groups in total. The van der Waals surface area contributed by atoms with Crippen molar-refractivity contribution in [3.63, 3.8) is 0 Å². The third-order valence-electron chi connectivity index (χ3n) is 1.52. The van der Waals surface area contributed by atoms with Crippen LogP contribution in [0.1, 0.15) is 12.5 Å². The van der Waals surface area contributed by atoms with Gasteiger partial charge < -0.3 is 10.1 Å². The number of hydrogen-bond acceptors (Lipinski definition) is 3. The minimum absolute atomic E-state index is 0.0400. The molecule has 0 aliphatic heterocycles. The molecule has 15 heavy (non-hydrogen) atoms. The van der Waals surface area contributed by atoms with E-state index >= 15 is 0 Å². The fourth-order valence-corrected chi connectivity index (χ4v) is 0.898. The molecule has 0 saturated carbocycles. The Morgan fingerprint density at radius 1 is 1.33 bits per heavy atom. The second-order valence-corrected chi connectivity index (χ2v) is 3.26. The zero-order valence-corrected chi connectivity index (χ0v) is 9.83. The molecule has 84 valence electrons. The van der Waals surface area contributed by atoms with Crippen molar-refractivity contribution < 1.29 is 9.53 Å². The topological polar surface area (TPSA) is 38.3 Å². The quantitative estimate of drug-likeness (QED) is 0.825. The lowest BCUT2D eigenvalue weighted by Gasteiger charge is -2.05. The first-order valence-corrected chi connectivity index (χ1v) is 4.88. The molecule has 0 unspecified atom stereocenters. The Bertz CT molecular complexity index is 297. The monoisotopic (exact) mass is 209 g/mol. The molecule has 0 radical (unpaired) electrons. The normalized spacial score (nSPS) is 8.80. The second-order valence-electron chi connectivity index (χ2n) is 3.26. The van der Waals surface area contributed by atoms with Crippen LogP contribution in [0.4, 0.5) is 0 Å². The summed E-state index contributed by atoms with van der Waals surface area (Å²) in [4.78, 5) is 10.6. The van der Waals surface area contributed by atoms with E-state index in [0.717, 1.165) is 11.3 Å². The Hall–Kier alpha value is -1.35. The van der Waals surface area contributed by atoms with Crippen molar-refractivity contribution >= 4 is 5.78 Å². The molecule has 0 fully saturated rings. The number of Topliss-reactive ketones (excluding diaryl/α,β-unsaturated/α-hetero) is 1. The largest absolute Gasteiger partial charge is 0.486 e. The van der Waals surface area contributed by atoms with Gasteiger partial charge in [-0.2, -0.15) is 0 Å². The van der Waals surface area contributed by atoms with E-state index in [-0.39, 0.29) is 12.4 Å². The average Bonchev–Trinajstić information content (AvgIpc) is 2.17. The maximum atomic E-state index is 10.6. The lowest BCUT2D eigenvalue weighted by atomic mass is 10.2. The predicted molar refractivity (Wildman–Crippen MR) is 62.3 cm³/mol. The molecule has 3 heteroatoms. The summed E-state index contributed by atoms with van der Waals surface area (Å²) in [5.74, 6) is 0.825. The fraction of sp³-hybridized carbons (Fsp3) is 0.417. The number of carbonyl (C=O) groups is 1. The number of rotatable bonds is 3. The lowest BCUT2D eigenvalue weighted by Crippen LogP contribution is -2.07. The van der Waals surface area contributed by atoms with E-state index in [2.05, 4.69) is 5.32 Å². The van der Waals surface area contributed by atoms with Gasteiger partial charge in [-0.25, -0.2) is 0 Å². The molecule has 0 amide bonds. The van der Waals surface area contributed by atoms with Crippen molar-refractivity contribution in [1.82, 2.24) is 5.32 Å². The predicted octanol–water partition coefficient (Wildman–Crippen LogP) is 1.80. The molecule has 0 aliphatic rings. The van der Waals surface area contributed by atoms with Crippen LogP contribution >= 0.6 is 0 Å². The van der Waals surface area contributed by atoms with Crippen LogP contribution in [-0.2, 0) is 4.79 Å². The van der Waals surface area contributed by atoms with E-state index in [4.69, 9.17) is 4.74 Å². The summed E-state index contributed by atoms with van der Waals surface area (Å²) in [5.41, 5.74) is 1.05. The van der Waals surface area contributed by atoms with Gasteiger partial charge in [0.2, 0.25) is 0 Å². The van der Waals surface area contributed by atoms with Gasteiger partial charge in [0.15, 0.2) is 5.78 Å². The first-order chi connectivity index (χ1) is 7.11. The third kappa shape index (κ3) is 6.69. The first-order valence-electron chi connectivity index (χ1n) is 4.88. The van der Waals surface area contributed by atoms with Crippen LogP contribution in [0, 0.1) is 6.92 Å². The van der Waals surface area contributed by atoms with Gasteiger partial charge >= 0.3 is 0 Å². The van der Waals surface area contributed by atoms with Crippen LogP contribution in [0.15, 0.2) is 24.3 Å². The van der Waals surface area contributed by atoms with Crippen LogP contribution in [0.25, 0.3) is 0 Å². The van der Waals surface area contributed by atoms with Gasteiger partial charge in [-0.05, 0) is 39.6 Å². The molecule has 1 aromatic rings. The minimum atomic E-state index is 0.0400. The second kappa shape index (κ2) is 8.00. The molecule has 0 saturated heterocycles. The SMILES string of the molecule is CC(=O)COc1ccccc1C.CNC. The standard InChI is InChI=1S/C10H12O2.C2H7N/c1-8-5-3-4-6-10(8)12-7-9(2)11;1-3-2/h3-6H,7H2,1-2H3;3H,1-2H3. The summed E-state index contributed by atoms with van der Waals surface area (Å²) in [5, 5.41) is 2.75. The number of carbonyl (C=O) groups excluding carboxylic acids is 1. The Labute approximate surface area is 91.5 Å². The summed E-state index contributed by atoms with van der Waals surface area (Å²) >= 11 is 0. The van der Waals surface area contributed by atoms with Crippen molar-refractivity contribution in [2.45, 2.75) is 13.8 Å². The third-order valence-corrected chi connectivity index (χ3v) is 1.52. The zero-order valence-electron chi connectivity index (χ0n) is 9.83. The molecule has 0 spiro atoms. The smallest absolute Gasteiger partial charge is 0.167 e. The number of para-hydroxylation sites is 1. The Morgan fingerprint density at radius 3 is 2.33 bits per heavy atom. The maximum absolute atomic E-state index is 10.6. The molecule has 0 aromatic heterocycles. The van der Waals surface area contributed by atoms with Gasteiger partial charge in [0.05, 0.1) is 0 Å². The highest BCUT2D eigenvalue weighted by molar-refractivity contribution is 5.77. The van der Waals surface area contributed by atoms with Crippen molar-refractivity contribution in [2.24, 2.45) is 0 Å². The summed E-state index contributed by atoms with van der Waals surface area (Å²) in [7, 11) is 3.75. The van der Waals surface area contributed by atoms with Crippen LogP contribution in [0.5, 0.6) is 5.75 Å². The number of nitrogens with one attached hydrogen (secondary N) is 1. The van der Waals surface area contributed by atoms with E-state index in [0.29, 0.717) is 0 Å². The summed E-state index contributed by atoms with van der Waals surface area (Å²) < 4.78 is 5.25. The van der Waals surface area contributed by atoms with E-state index in [1.165, 1.54) is 6.92 Å². The number of aryl methyl sites for hydroxylation is 1. The highest BCUT2D eigenvalue weighted by Gasteiger charge is 1.98. The van der Waals surface area contributed by atoms with Gasteiger partial charge in [-0.1, -0.05) is 18.2 Å². The van der Waals surface area contributed by atoms with Crippen molar-refractivity contribution in [2.75, 3.05) is 20.7 Å².